The Balaban J connectivity index is 2.11. The maximum Gasteiger partial charge on any atom is 0.242 e. The first-order valence-corrected chi connectivity index (χ1v) is 11.1. The second-order valence-corrected chi connectivity index (χ2v) is 8.20. The van der Waals surface area contributed by atoms with E-state index in [9.17, 15) is 9.59 Å². The molecular formula is C24H31BrN2O2. The minimum absolute atomic E-state index is 0.0105. The second kappa shape index (κ2) is 11.8. The van der Waals surface area contributed by atoms with Crippen LogP contribution in [0.15, 0.2) is 53.0 Å². The number of halogens is 1. The first-order valence-electron chi connectivity index (χ1n) is 10.3. The van der Waals surface area contributed by atoms with Crippen molar-refractivity contribution in [3.63, 3.8) is 0 Å². The van der Waals surface area contributed by atoms with Crippen LogP contribution in [-0.4, -0.2) is 29.3 Å². The lowest BCUT2D eigenvalue weighted by atomic mass is 10.0. The van der Waals surface area contributed by atoms with E-state index in [0.29, 0.717) is 25.9 Å². The van der Waals surface area contributed by atoms with Crippen LogP contribution in [0.25, 0.3) is 0 Å². The molecular weight excluding hydrogens is 428 g/mol. The van der Waals surface area contributed by atoms with Crippen LogP contribution in [0.5, 0.6) is 0 Å². The van der Waals surface area contributed by atoms with Gasteiger partial charge in [-0.1, -0.05) is 66.2 Å². The fourth-order valence-electron chi connectivity index (χ4n) is 3.15. The quantitative estimate of drug-likeness (QED) is 0.550. The molecule has 0 aliphatic heterocycles. The molecule has 4 nitrogen and oxygen atoms in total. The number of aryl methyl sites for hydroxylation is 2. The van der Waals surface area contributed by atoms with Crippen LogP contribution in [0.3, 0.4) is 0 Å². The number of hydrogen-bond acceptors (Lipinski definition) is 2. The van der Waals surface area contributed by atoms with Crippen molar-refractivity contribution >= 4 is 27.7 Å². The predicted molar refractivity (Wildman–Crippen MR) is 122 cm³/mol. The molecule has 0 aliphatic rings. The van der Waals surface area contributed by atoms with Crippen molar-refractivity contribution in [2.75, 3.05) is 6.54 Å². The zero-order valence-electron chi connectivity index (χ0n) is 17.6. The molecule has 29 heavy (non-hydrogen) atoms. The Kier molecular flexibility index (Phi) is 9.39. The van der Waals surface area contributed by atoms with Gasteiger partial charge in [0.2, 0.25) is 11.8 Å². The highest BCUT2D eigenvalue weighted by atomic mass is 79.9. The summed E-state index contributed by atoms with van der Waals surface area (Å²) in [5, 5.41) is 2.91. The maximum atomic E-state index is 13.1. The van der Waals surface area contributed by atoms with Gasteiger partial charge in [-0.2, -0.15) is 0 Å². The molecule has 5 heteroatoms. The van der Waals surface area contributed by atoms with Crippen molar-refractivity contribution < 1.29 is 9.59 Å². The van der Waals surface area contributed by atoms with E-state index in [0.717, 1.165) is 28.4 Å². The number of hydrogen-bond donors (Lipinski definition) is 1. The molecule has 0 saturated carbocycles. The van der Waals surface area contributed by atoms with Crippen molar-refractivity contribution in [2.45, 2.75) is 59.0 Å². The Morgan fingerprint density at radius 2 is 1.72 bits per heavy atom. The highest BCUT2D eigenvalue weighted by Crippen LogP contribution is 2.17. The number of nitrogens with one attached hydrogen (secondary N) is 1. The zero-order chi connectivity index (χ0) is 21.2. The van der Waals surface area contributed by atoms with E-state index < -0.39 is 6.04 Å². The molecule has 0 saturated heterocycles. The minimum Gasteiger partial charge on any atom is -0.354 e. The number of nitrogens with zero attached hydrogens (tertiary/aromatic N) is 1. The predicted octanol–water partition coefficient (Wildman–Crippen LogP) is 4.89. The van der Waals surface area contributed by atoms with Gasteiger partial charge in [-0.15, -0.1) is 0 Å². The molecule has 0 bridgehead atoms. The number of carbonyl (C=O) groups is 2. The lowest BCUT2D eigenvalue weighted by molar-refractivity contribution is -0.140. The highest BCUT2D eigenvalue weighted by Gasteiger charge is 2.25. The van der Waals surface area contributed by atoms with E-state index >= 15 is 0 Å². The molecule has 1 unspecified atom stereocenters. The second-order valence-electron chi connectivity index (χ2n) is 7.29. The standard InChI is InChI=1S/C24H31BrN2O2/c1-4-15-26-24(29)18(3)27(17-21-7-6-8-22(25)16-21)23(28)14-13-20-11-9-19(5-2)10-12-20/h6-12,16,18H,4-5,13-15,17H2,1-3H3,(H,26,29). The SMILES string of the molecule is CCCNC(=O)C(C)N(Cc1cccc(Br)c1)C(=O)CCc1ccc(CC)cc1. The molecule has 0 fully saturated rings. The Bertz CT molecular complexity index is 805. The number of rotatable bonds is 10. The van der Waals surface area contributed by atoms with Gasteiger partial charge in [0.1, 0.15) is 6.04 Å². The van der Waals surface area contributed by atoms with Gasteiger partial charge in [0.15, 0.2) is 0 Å². The molecule has 0 aromatic heterocycles. The summed E-state index contributed by atoms with van der Waals surface area (Å²) in [6.45, 7) is 6.97. The van der Waals surface area contributed by atoms with Crippen LogP contribution in [-0.2, 0) is 29.0 Å². The van der Waals surface area contributed by atoms with Crippen LogP contribution >= 0.6 is 15.9 Å². The van der Waals surface area contributed by atoms with E-state index in [-0.39, 0.29) is 11.8 Å². The molecule has 2 aromatic carbocycles. The monoisotopic (exact) mass is 458 g/mol. The first-order chi connectivity index (χ1) is 13.9. The molecule has 156 valence electrons. The fourth-order valence-corrected chi connectivity index (χ4v) is 3.59. The summed E-state index contributed by atoms with van der Waals surface area (Å²) in [4.78, 5) is 27.3. The smallest absolute Gasteiger partial charge is 0.242 e. The van der Waals surface area contributed by atoms with Gasteiger partial charge in [-0.25, -0.2) is 0 Å². The number of benzene rings is 2. The lowest BCUT2D eigenvalue weighted by Gasteiger charge is -2.29. The number of carbonyl (C=O) groups excluding carboxylic acids is 2. The van der Waals surface area contributed by atoms with Gasteiger partial charge in [0.05, 0.1) is 0 Å². The summed E-state index contributed by atoms with van der Waals surface area (Å²) >= 11 is 3.48. The summed E-state index contributed by atoms with van der Waals surface area (Å²) in [6.07, 6.45) is 2.92. The van der Waals surface area contributed by atoms with Crippen LogP contribution in [0, 0.1) is 0 Å². The van der Waals surface area contributed by atoms with E-state index in [1.54, 1.807) is 11.8 Å². The van der Waals surface area contributed by atoms with E-state index in [2.05, 4.69) is 52.4 Å². The summed E-state index contributed by atoms with van der Waals surface area (Å²) in [6, 6.07) is 15.7. The van der Waals surface area contributed by atoms with Gasteiger partial charge in [-0.3, -0.25) is 9.59 Å². The molecule has 1 atom stereocenters. The molecule has 0 spiro atoms. The highest BCUT2D eigenvalue weighted by molar-refractivity contribution is 9.10. The summed E-state index contributed by atoms with van der Waals surface area (Å²) in [7, 11) is 0. The Morgan fingerprint density at radius 3 is 2.34 bits per heavy atom. The molecule has 2 aromatic rings. The largest absolute Gasteiger partial charge is 0.354 e. The van der Waals surface area contributed by atoms with E-state index in [1.807, 2.05) is 31.2 Å². The average molecular weight is 459 g/mol. The van der Waals surface area contributed by atoms with Gasteiger partial charge >= 0.3 is 0 Å². The van der Waals surface area contributed by atoms with Crippen molar-refractivity contribution in [3.8, 4) is 0 Å². The van der Waals surface area contributed by atoms with Crippen LogP contribution < -0.4 is 5.32 Å². The topological polar surface area (TPSA) is 49.4 Å². The normalized spacial score (nSPS) is 11.7. The Morgan fingerprint density at radius 1 is 1.03 bits per heavy atom. The molecule has 0 heterocycles. The molecule has 2 amide bonds. The van der Waals surface area contributed by atoms with Crippen molar-refractivity contribution in [1.29, 1.82) is 0 Å². The third-order valence-corrected chi connectivity index (χ3v) is 5.51. The Hall–Kier alpha value is -2.14. The van der Waals surface area contributed by atoms with Gasteiger partial charge in [0, 0.05) is 24.0 Å². The molecule has 0 radical (unpaired) electrons. The minimum atomic E-state index is -0.518. The average Bonchev–Trinajstić information content (AvgIpc) is 2.74. The van der Waals surface area contributed by atoms with Crippen molar-refractivity contribution in [3.05, 3.63) is 69.7 Å². The van der Waals surface area contributed by atoms with Gasteiger partial charge < -0.3 is 10.2 Å². The summed E-state index contributed by atoms with van der Waals surface area (Å²) in [5.41, 5.74) is 3.42. The third kappa shape index (κ3) is 7.32. The third-order valence-electron chi connectivity index (χ3n) is 5.02. The molecule has 0 aliphatic carbocycles. The van der Waals surface area contributed by atoms with Crippen LogP contribution in [0.1, 0.15) is 50.3 Å². The lowest BCUT2D eigenvalue weighted by Crippen LogP contribution is -2.47. The fraction of sp³-hybridized carbons (Fsp3) is 0.417. The Labute approximate surface area is 182 Å². The van der Waals surface area contributed by atoms with Gasteiger partial charge in [-0.05, 0) is 55.0 Å². The van der Waals surface area contributed by atoms with Crippen LogP contribution in [0.2, 0.25) is 0 Å². The number of amides is 2. The maximum absolute atomic E-state index is 13.1. The van der Waals surface area contributed by atoms with E-state index in [4.69, 9.17) is 0 Å². The molecule has 2 rings (SSSR count). The molecule has 1 N–H and O–H groups in total. The van der Waals surface area contributed by atoms with E-state index in [1.165, 1.54) is 5.56 Å². The zero-order valence-corrected chi connectivity index (χ0v) is 19.2. The van der Waals surface area contributed by atoms with Crippen molar-refractivity contribution in [1.82, 2.24) is 10.2 Å². The summed E-state index contributed by atoms with van der Waals surface area (Å²) in [5.74, 6) is -0.119. The van der Waals surface area contributed by atoms with Crippen molar-refractivity contribution in [2.24, 2.45) is 0 Å². The van der Waals surface area contributed by atoms with Crippen LogP contribution in [0.4, 0.5) is 0 Å². The van der Waals surface area contributed by atoms with Gasteiger partial charge in [0.25, 0.3) is 0 Å². The first kappa shape index (κ1) is 23.1. The summed E-state index contributed by atoms with van der Waals surface area (Å²) < 4.78 is 0.960.